The number of halogens is 3. The lowest BCUT2D eigenvalue weighted by atomic mass is 10.1. The maximum absolute atomic E-state index is 13.0. The van der Waals surface area contributed by atoms with Crippen LogP contribution in [0.5, 0.6) is 5.75 Å². The molecule has 2 aromatic rings. The van der Waals surface area contributed by atoms with Gasteiger partial charge in [0, 0.05) is 25.8 Å². The van der Waals surface area contributed by atoms with Crippen LogP contribution < -0.4 is 9.64 Å². The van der Waals surface area contributed by atoms with Crippen molar-refractivity contribution in [2.24, 2.45) is 0 Å². The minimum atomic E-state index is -4.84. The zero-order valence-corrected chi connectivity index (χ0v) is 16.6. The summed E-state index contributed by atoms with van der Waals surface area (Å²) in [6.07, 6.45) is -2.66. The second kappa shape index (κ2) is 8.00. The first-order valence-electron chi connectivity index (χ1n) is 9.26. The van der Waals surface area contributed by atoms with Crippen LogP contribution in [0.2, 0.25) is 0 Å². The molecule has 8 nitrogen and oxygen atoms in total. The Balaban J connectivity index is 1.52. The van der Waals surface area contributed by atoms with Crippen molar-refractivity contribution in [3.05, 3.63) is 41.7 Å². The van der Waals surface area contributed by atoms with Gasteiger partial charge in [-0.3, -0.25) is 0 Å². The predicted octanol–water partition coefficient (Wildman–Crippen LogP) is 1.96. The van der Waals surface area contributed by atoms with Crippen LogP contribution in [0.1, 0.15) is 11.3 Å². The lowest BCUT2D eigenvalue weighted by Crippen LogP contribution is -2.39. The molecule has 0 spiro atoms. The number of hydrogen-bond acceptors (Lipinski definition) is 7. The van der Waals surface area contributed by atoms with Gasteiger partial charge >= 0.3 is 6.36 Å². The number of rotatable bonds is 4. The van der Waals surface area contributed by atoms with Gasteiger partial charge in [0.15, 0.2) is 0 Å². The molecule has 162 valence electrons. The van der Waals surface area contributed by atoms with Gasteiger partial charge in [-0.2, -0.15) is 4.31 Å². The van der Waals surface area contributed by atoms with E-state index < -0.39 is 22.1 Å². The Morgan fingerprint density at radius 3 is 2.43 bits per heavy atom. The molecule has 0 saturated carbocycles. The normalized spacial score (nSPS) is 18.2. The summed E-state index contributed by atoms with van der Waals surface area (Å²) in [6.45, 7) is 2.78. The molecular formula is C18H19F3N4O4S. The first-order chi connectivity index (χ1) is 14.2. The van der Waals surface area contributed by atoms with E-state index in [1.165, 1.54) is 4.31 Å². The summed E-state index contributed by atoms with van der Waals surface area (Å²) in [6, 6.07) is 4.17. The van der Waals surface area contributed by atoms with Crippen molar-refractivity contribution in [1.82, 2.24) is 14.3 Å². The average molecular weight is 444 g/mol. The second-order valence-corrected chi connectivity index (χ2v) is 8.79. The largest absolute Gasteiger partial charge is 0.573 e. The van der Waals surface area contributed by atoms with Gasteiger partial charge in [0.2, 0.25) is 16.0 Å². The highest BCUT2D eigenvalue weighted by atomic mass is 32.2. The molecule has 0 bridgehead atoms. The third kappa shape index (κ3) is 4.50. The Morgan fingerprint density at radius 1 is 1.07 bits per heavy atom. The van der Waals surface area contributed by atoms with Crippen LogP contribution in [0.4, 0.5) is 19.1 Å². The zero-order valence-electron chi connectivity index (χ0n) is 15.8. The average Bonchev–Trinajstić information content (AvgIpc) is 2.73. The van der Waals surface area contributed by atoms with E-state index in [2.05, 4.69) is 14.7 Å². The summed E-state index contributed by atoms with van der Waals surface area (Å²) >= 11 is 0. The lowest BCUT2D eigenvalue weighted by molar-refractivity contribution is -0.274. The van der Waals surface area contributed by atoms with Crippen molar-refractivity contribution in [3.63, 3.8) is 0 Å². The van der Waals surface area contributed by atoms with Crippen LogP contribution in [0.25, 0.3) is 0 Å². The topological polar surface area (TPSA) is 84.9 Å². The molecule has 3 heterocycles. The number of hydrogen-bond donors (Lipinski definition) is 0. The number of aromatic nitrogens is 2. The van der Waals surface area contributed by atoms with Crippen molar-refractivity contribution in [2.75, 3.05) is 37.7 Å². The molecule has 0 radical (unpaired) electrons. The van der Waals surface area contributed by atoms with Crippen LogP contribution >= 0.6 is 0 Å². The third-order valence-electron chi connectivity index (χ3n) is 4.89. The molecule has 0 atom stereocenters. The SMILES string of the molecule is O=S(=O)(c1ccc(OC(F)(F)F)cc1)N1CCc2cnc(N3CCOCC3)nc2C1. The number of benzene rings is 1. The monoisotopic (exact) mass is 444 g/mol. The Bertz CT molecular complexity index is 1010. The number of ether oxygens (including phenoxy) is 2. The highest BCUT2D eigenvalue weighted by Crippen LogP contribution is 2.28. The van der Waals surface area contributed by atoms with Gasteiger partial charge in [0.25, 0.3) is 0 Å². The number of nitrogens with zero attached hydrogens (tertiary/aromatic N) is 4. The summed E-state index contributed by atoms with van der Waals surface area (Å²) in [7, 11) is -3.90. The van der Waals surface area contributed by atoms with Gasteiger partial charge in [-0.05, 0) is 36.2 Å². The van der Waals surface area contributed by atoms with Gasteiger partial charge in [0.05, 0.1) is 30.3 Å². The molecule has 0 N–H and O–H groups in total. The molecule has 0 unspecified atom stereocenters. The van der Waals surface area contributed by atoms with Crippen LogP contribution in [0, 0.1) is 0 Å². The molecule has 4 rings (SSSR count). The highest BCUT2D eigenvalue weighted by Gasteiger charge is 2.32. The van der Waals surface area contributed by atoms with Crippen molar-refractivity contribution in [3.8, 4) is 5.75 Å². The molecule has 1 saturated heterocycles. The molecule has 30 heavy (non-hydrogen) atoms. The van der Waals surface area contributed by atoms with Gasteiger partial charge in [-0.15, -0.1) is 13.2 Å². The molecule has 1 aromatic carbocycles. The Kier molecular flexibility index (Phi) is 5.55. The van der Waals surface area contributed by atoms with E-state index >= 15 is 0 Å². The second-order valence-electron chi connectivity index (χ2n) is 6.85. The van der Waals surface area contributed by atoms with E-state index in [0.29, 0.717) is 44.4 Å². The molecule has 2 aliphatic heterocycles. The van der Waals surface area contributed by atoms with E-state index in [4.69, 9.17) is 4.74 Å². The Hall–Kier alpha value is -2.44. The molecule has 1 fully saturated rings. The summed E-state index contributed by atoms with van der Waals surface area (Å²) in [5.74, 6) is 0.0540. The minimum absolute atomic E-state index is 0.0678. The molecule has 12 heteroatoms. The van der Waals surface area contributed by atoms with E-state index in [1.807, 2.05) is 4.90 Å². The third-order valence-corrected chi connectivity index (χ3v) is 6.75. The van der Waals surface area contributed by atoms with Gasteiger partial charge < -0.3 is 14.4 Å². The lowest BCUT2D eigenvalue weighted by Gasteiger charge is -2.30. The predicted molar refractivity (Wildman–Crippen MR) is 99.5 cm³/mol. The van der Waals surface area contributed by atoms with Crippen molar-refractivity contribution < 1.29 is 31.1 Å². The first-order valence-corrected chi connectivity index (χ1v) is 10.7. The number of morpholine rings is 1. The van der Waals surface area contributed by atoms with E-state index in [0.717, 1.165) is 29.8 Å². The summed E-state index contributed by atoms with van der Waals surface area (Å²) in [4.78, 5) is 10.8. The maximum atomic E-state index is 13.0. The number of sulfonamides is 1. The summed E-state index contributed by atoms with van der Waals surface area (Å²) in [5, 5.41) is 0. The zero-order chi connectivity index (χ0) is 21.4. The molecule has 1 aromatic heterocycles. The Labute approximate surface area is 171 Å². The summed E-state index contributed by atoms with van der Waals surface area (Å²) in [5.41, 5.74) is 1.51. The number of alkyl halides is 3. The minimum Gasteiger partial charge on any atom is -0.406 e. The standard InChI is InChI=1S/C18H19F3N4O4S/c19-18(20,21)29-14-1-3-15(4-2-14)30(26,27)25-6-5-13-11-22-17(23-16(13)12-25)24-7-9-28-10-8-24/h1-4,11H,5-10,12H2. The van der Waals surface area contributed by atoms with Crippen LogP contribution in [0.15, 0.2) is 35.4 Å². The maximum Gasteiger partial charge on any atom is 0.573 e. The summed E-state index contributed by atoms with van der Waals surface area (Å²) < 4.78 is 73.2. The van der Waals surface area contributed by atoms with Crippen molar-refractivity contribution in [2.45, 2.75) is 24.2 Å². The number of anilines is 1. The van der Waals surface area contributed by atoms with Gasteiger partial charge in [-0.1, -0.05) is 0 Å². The van der Waals surface area contributed by atoms with E-state index in [9.17, 15) is 21.6 Å². The molecule has 0 aliphatic carbocycles. The fourth-order valence-electron chi connectivity index (χ4n) is 3.35. The van der Waals surface area contributed by atoms with Gasteiger partial charge in [-0.25, -0.2) is 18.4 Å². The first kappa shape index (κ1) is 20.8. The molecule has 0 amide bonds. The van der Waals surface area contributed by atoms with Crippen molar-refractivity contribution in [1.29, 1.82) is 0 Å². The van der Waals surface area contributed by atoms with Gasteiger partial charge in [0.1, 0.15) is 5.75 Å². The van der Waals surface area contributed by atoms with E-state index in [1.54, 1.807) is 6.20 Å². The van der Waals surface area contributed by atoms with Crippen LogP contribution in [0.3, 0.4) is 0 Å². The number of fused-ring (bicyclic) bond motifs is 1. The molecule has 2 aliphatic rings. The van der Waals surface area contributed by atoms with E-state index in [-0.39, 0.29) is 18.0 Å². The molecular weight excluding hydrogens is 425 g/mol. The smallest absolute Gasteiger partial charge is 0.406 e. The highest BCUT2D eigenvalue weighted by molar-refractivity contribution is 7.89. The fourth-order valence-corrected chi connectivity index (χ4v) is 4.75. The van der Waals surface area contributed by atoms with Crippen LogP contribution in [-0.4, -0.2) is 61.9 Å². The van der Waals surface area contributed by atoms with Crippen LogP contribution in [-0.2, 0) is 27.7 Å². The Morgan fingerprint density at radius 2 is 1.77 bits per heavy atom. The fraction of sp³-hybridized carbons (Fsp3) is 0.444. The quantitative estimate of drug-likeness (QED) is 0.713. The van der Waals surface area contributed by atoms with Crippen molar-refractivity contribution >= 4 is 16.0 Å².